The van der Waals surface area contributed by atoms with E-state index in [1.165, 1.54) is 0 Å². The molecule has 4 nitrogen and oxygen atoms in total. The second-order valence-corrected chi connectivity index (χ2v) is 4.88. The first-order valence-electron chi connectivity index (χ1n) is 5.96. The van der Waals surface area contributed by atoms with E-state index < -0.39 is 17.6 Å². The lowest BCUT2D eigenvalue weighted by molar-refractivity contribution is -0.138. The average Bonchev–Trinajstić information content (AvgIpc) is 3.10. The summed E-state index contributed by atoms with van der Waals surface area (Å²) in [5, 5.41) is 2.99. The van der Waals surface area contributed by atoms with Crippen LogP contribution in [0.25, 0.3) is 0 Å². The summed E-state index contributed by atoms with van der Waals surface area (Å²) >= 11 is 0. The molecule has 7 heteroatoms. The van der Waals surface area contributed by atoms with Gasteiger partial charge in [-0.15, -0.1) is 0 Å². The molecule has 0 spiro atoms. The number of nitrogens with zero attached hydrogens (tertiary/aromatic N) is 2. The quantitative estimate of drug-likeness (QED) is 0.874. The number of anilines is 2. The molecule has 0 unspecified atom stereocenters. The number of rotatable bonds is 3. The summed E-state index contributed by atoms with van der Waals surface area (Å²) in [5.41, 5.74) is 4.66. The van der Waals surface area contributed by atoms with Crippen molar-refractivity contribution in [2.75, 3.05) is 11.1 Å². The summed E-state index contributed by atoms with van der Waals surface area (Å²) in [6.07, 6.45) is -1.00. The molecule has 3 N–H and O–H groups in total. The van der Waals surface area contributed by atoms with Crippen LogP contribution in [0.5, 0.6) is 0 Å². The Hall–Kier alpha value is -1.53. The van der Waals surface area contributed by atoms with Gasteiger partial charge in [-0.05, 0) is 25.7 Å². The minimum Gasteiger partial charge on any atom is -0.383 e. The fourth-order valence-corrected chi connectivity index (χ4v) is 1.91. The van der Waals surface area contributed by atoms with Crippen molar-refractivity contribution in [1.82, 2.24) is 9.97 Å². The number of hydrogen-bond donors (Lipinski definition) is 2. The minimum atomic E-state index is -4.49. The van der Waals surface area contributed by atoms with Crippen molar-refractivity contribution in [2.24, 2.45) is 0 Å². The number of aromatic nitrogens is 2. The number of nitrogens with two attached hydrogens (primary N) is 1. The summed E-state index contributed by atoms with van der Waals surface area (Å²) in [6, 6.07) is 0.285. The van der Waals surface area contributed by atoms with Crippen LogP contribution in [0.4, 0.5) is 24.9 Å². The third kappa shape index (κ3) is 2.21. The van der Waals surface area contributed by atoms with E-state index in [2.05, 4.69) is 15.3 Å². The highest BCUT2D eigenvalue weighted by Gasteiger charge is 2.42. The number of alkyl halides is 3. The Kier molecular flexibility index (Phi) is 2.39. The minimum absolute atomic E-state index is 0.0538. The molecule has 2 aliphatic carbocycles. The smallest absolute Gasteiger partial charge is 0.383 e. The van der Waals surface area contributed by atoms with E-state index in [1.54, 1.807) is 0 Å². The third-order valence-corrected chi connectivity index (χ3v) is 3.12. The molecule has 3 rings (SSSR count). The van der Waals surface area contributed by atoms with Gasteiger partial charge in [-0.1, -0.05) is 0 Å². The lowest BCUT2D eigenvalue weighted by Crippen LogP contribution is -2.18. The normalized spacial score (nSPS) is 19.9. The molecule has 0 saturated heterocycles. The summed E-state index contributed by atoms with van der Waals surface area (Å²) in [7, 11) is 0. The van der Waals surface area contributed by atoms with Crippen LogP contribution in [-0.2, 0) is 6.18 Å². The van der Waals surface area contributed by atoms with E-state index in [0.717, 1.165) is 25.7 Å². The van der Waals surface area contributed by atoms with Gasteiger partial charge in [0.25, 0.3) is 0 Å². The van der Waals surface area contributed by atoms with Crippen molar-refractivity contribution in [3.63, 3.8) is 0 Å². The zero-order chi connectivity index (χ0) is 12.9. The van der Waals surface area contributed by atoms with E-state index in [4.69, 9.17) is 5.73 Å². The van der Waals surface area contributed by atoms with Gasteiger partial charge in [-0.3, -0.25) is 0 Å². The summed E-state index contributed by atoms with van der Waals surface area (Å²) in [4.78, 5) is 7.75. The van der Waals surface area contributed by atoms with Crippen LogP contribution in [-0.4, -0.2) is 16.0 Å². The lowest BCUT2D eigenvalue weighted by Gasteiger charge is -2.15. The number of hydrogen-bond acceptors (Lipinski definition) is 4. The van der Waals surface area contributed by atoms with Gasteiger partial charge >= 0.3 is 6.18 Å². The summed E-state index contributed by atoms with van der Waals surface area (Å²) < 4.78 is 38.8. The molecule has 0 bridgehead atoms. The van der Waals surface area contributed by atoms with Gasteiger partial charge in [0.15, 0.2) is 0 Å². The fourth-order valence-electron chi connectivity index (χ4n) is 1.91. The predicted octanol–water partition coefficient (Wildman–Crippen LogP) is 2.53. The molecule has 2 saturated carbocycles. The van der Waals surface area contributed by atoms with Crippen LogP contribution in [0.2, 0.25) is 0 Å². The molecule has 0 aliphatic heterocycles. The second-order valence-electron chi connectivity index (χ2n) is 4.88. The Labute approximate surface area is 102 Å². The Morgan fingerprint density at radius 1 is 1.11 bits per heavy atom. The predicted molar refractivity (Wildman–Crippen MR) is 60.1 cm³/mol. The Morgan fingerprint density at radius 2 is 1.78 bits per heavy atom. The Balaban J connectivity index is 2.01. The fraction of sp³-hybridized carbons (Fsp3) is 0.636. The molecular weight excluding hydrogens is 245 g/mol. The van der Waals surface area contributed by atoms with Gasteiger partial charge in [0, 0.05) is 12.0 Å². The summed E-state index contributed by atoms with van der Waals surface area (Å²) in [5.74, 6) is -0.362. The monoisotopic (exact) mass is 258 g/mol. The van der Waals surface area contributed by atoms with Crippen molar-refractivity contribution in [3.8, 4) is 0 Å². The first-order chi connectivity index (χ1) is 8.45. The van der Waals surface area contributed by atoms with E-state index in [1.807, 2.05) is 0 Å². The van der Waals surface area contributed by atoms with Crippen LogP contribution >= 0.6 is 0 Å². The first-order valence-corrected chi connectivity index (χ1v) is 5.96. The maximum absolute atomic E-state index is 12.9. The number of halogens is 3. The van der Waals surface area contributed by atoms with Gasteiger partial charge in [-0.2, -0.15) is 18.2 Å². The maximum Gasteiger partial charge on any atom is 0.421 e. The van der Waals surface area contributed by atoms with Crippen LogP contribution in [0.15, 0.2) is 0 Å². The molecule has 2 fully saturated rings. The molecule has 1 heterocycles. The Morgan fingerprint density at radius 3 is 2.28 bits per heavy atom. The topological polar surface area (TPSA) is 63.8 Å². The van der Waals surface area contributed by atoms with Crippen molar-refractivity contribution >= 4 is 11.8 Å². The SMILES string of the molecule is Nc1nc(NC2CC2)nc(C2CC2)c1C(F)(F)F. The van der Waals surface area contributed by atoms with Crippen LogP contribution in [0.1, 0.15) is 42.9 Å². The van der Waals surface area contributed by atoms with Gasteiger partial charge in [-0.25, -0.2) is 4.98 Å². The molecular formula is C11H13F3N4. The van der Waals surface area contributed by atoms with Gasteiger partial charge in [0.05, 0.1) is 5.69 Å². The highest BCUT2D eigenvalue weighted by Crippen LogP contribution is 2.46. The lowest BCUT2D eigenvalue weighted by atomic mass is 10.1. The standard InChI is InChI=1S/C11H13F3N4/c12-11(13,14)7-8(5-1-2-5)17-10(18-9(7)15)16-6-3-4-6/h5-6H,1-4H2,(H3,15,16,17,18). The van der Waals surface area contributed by atoms with E-state index in [0.29, 0.717) is 0 Å². The van der Waals surface area contributed by atoms with Gasteiger partial charge in [0.1, 0.15) is 11.4 Å². The molecule has 1 aromatic heterocycles. The van der Waals surface area contributed by atoms with Crippen molar-refractivity contribution in [2.45, 2.75) is 43.8 Å². The second kappa shape index (κ2) is 3.73. The molecule has 0 atom stereocenters. The largest absolute Gasteiger partial charge is 0.421 e. The Bertz CT molecular complexity index is 478. The van der Waals surface area contributed by atoms with Crippen LogP contribution in [0, 0.1) is 0 Å². The molecule has 1 aromatic rings. The van der Waals surface area contributed by atoms with Gasteiger partial charge in [0.2, 0.25) is 5.95 Å². The molecule has 0 radical (unpaired) electrons. The van der Waals surface area contributed by atoms with E-state index in [9.17, 15) is 13.2 Å². The molecule has 18 heavy (non-hydrogen) atoms. The highest BCUT2D eigenvalue weighted by molar-refractivity contribution is 5.51. The summed E-state index contributed by atoms with van der Waals surface area (Å²) in [6.45, 7) is 0. The molecule has 0 amide bonds. The zero-order valence-corrected chi connectivity index (χ0v) is 9.59. The van der Waals surface area contributed by atoms with Crippen molar-refractivity contribution in [1.29, 1.82) is 0 Å². The zero-order valence-electron chi connectivity index (χ0n) is 9.59. The van der Waals surface area contributed by atoms with E-state index in [-0.39, 0.29) is 23.6 Å². The molecule has 98 valence electrons. The van der Waals surface area contributed by atoms with Crippen molar-refractivity contribution < 1.29 is 13.2 Å². The molecule has 0 aromatic carbocycles. The van der Waals surface area contributed by atoms with Gasteiger partial charge < -0.3 is 11.1 Å². The maximum atomic E-state index is 12.9. The van der Waals surface area contributed by atoms with E-state index >= 15 is 0 Å². The first kappa shape index (κ1) is 11.6. The molecule has 2 aliphatic rings. The highest BCUT2D eigenvalue weighted by atomic mass is 19.4. The van der Waals surface area contributed by atoms with Crippen molar-refractivity contribution in [3.05, 3.63) is 11.3 Å². The third-order valence-electron chi connectivity index (χ3n) is 3.12. The number of nitrogens with one attached hydrogen (secondary N) is 1. The van der Waals surface area contributed by atoms with Crippen LogP contribution < -0.4 is 11.1 Å². The van der Waals surface area contributed by atoms with Crippen LogP contribution in [0.3, 0.4) is 0 Å². The average molecular weight is 258 g/mol. The number of nitrogen functional groups attached to an aromatic ring is 1.